The first-order valence-electron chi connectivity index (χ1n) is 6.20. The average molecular weight is 289 g/mol. The number of nitrogens with zero attached hydrogens (tertiary/aromatic N) is 1. The molecular formula is C13H18ClFN2O2. The molecule has 4 nitrogen and oxygen atoms in total. The summed E-state index contributed by atoms with van der Waals surface area (Å²) < 4.78 is 13.0. The second kappa shape index (κ2) is 7.96. The van der Waals surface area contributed by atoms with Gasteiger partial charge in [0.25, 0.3) is 0 Å². The number of rotatable bonds is 6. The molecule has 0 aliphatic rings. The van der Waals surface area contributed by atoms with Gasteiger partial charge < -0.3 is 15.3 Å². The fraction of sp³-hybridized carbons (Fsp3) is 0.462. The Bertz CT molecular complexity index is 429. The molecule has 0 aliphatic carbocycles. The summed E-state index contributed by atoms with van der Waals surface area (Å²) in [6.45, 7) is 2.76. The van der Waals surface area contributed by atoms with E-state index in [-0.39, 0.29) is 24.2 Å². The second-order valence-corrected chi connectivity index (χ2v) is 4.53. The van der Waals surface area contributed by atoms with Gasteiger partial charge in [-0.05, 0) is 24.6 Å². The van der Waals surface area contributed by atoms with Gasteiger partial charge in [-0.2, -0.15) is 0 Å². The van der Waals surface area contributed by atoms with Crippen molar-refractivity contribution in [1.82, 2.24) is 4.90 Å². The van der Waals surface area contributed by atoms with E-state index >= 15 is 0 Å². The Labute approximate surface area is 117 Å². The number of benzene rings is 1. The van der Waals surface area contributed by atoms with Crippen molar-refractivity contribution >= 4 is 23.3 Å². The van der Waals surface area contributed by atoms with Gasteiger partial charge in [-0.15, -0.1) is 0 Å². The van der Waals surface area contributed by atoms with Gasteiger partial charge in [-0.1, -0.05) is 24.9 Å². The van der Waals surface area contributed by atoms with Gasteiger partial charge in [0, 0.05) is 18.8 Å². The molecule has 1 rings (SSSR count). The standard InChI is InChI=1S/C13H18ClFN2O2/c1-2-3-6-17(7-8-18)13(19)16-10-4-5-12(15)11(14)9-10/h4-5,9,18H,2-3,6-8H2,1H3,(H,16,19). The van der Waals surface area contributed by atoms with Gasteiger partial charge in [0.1, 0.15) is 5.82 Å². The molecule has 0 unspecified atom stereocenters. The first-order chi connectivity index (χ1) is 9.08. The van der Waals surface area contributed by atoms with E-state index < -0.39 is 5.82 Å². The Balaban J connectivity index is 2.66. The van der Waals surface area contributed by atoms with Gasteiger partial charge in [0.05, 0.1) is 11.6 Å². The number of unbranched alkanes of at least 4 members (excludes halogenated alkanes) is 1. The molecule has 106 valence electrons. The van der Waals surface area contributed by atoms with Crippen molar-refractivity contribution in [2.45, 2.75) is 19.8 Å². The van der Waals surface area contributed by atoms with Crippen LogP contribution in [0.1, 0.15) is 19.8 Å². The molecular weight excluding hydrogens is 271 g/mol. The Morgan fingerprint density at radius 2 is 2.21 bits per heavy atom. The molecule has 2 N–H and O–H groups in total. The number of aliphatic hydroxyl groups is 1. The molecule has 0 heterocycles. The molecule has 0 spiro atoms. The summed E-state index contributed by atoms with van der Waals surface area (Å²) in [5.74, 6) is -0.530. The van der Waals surface area contributed by atoms with Crippen molar-refractivity contribution in [3.05, 3.63) is 29.0 Å². The highest BCUT2D eigenvalue weighted by atomic mass is 35.5. The van der Waals surface area contributed by atoms with Gasteiger partial charge in [0.15, 0.2) is 0 Å². The summed E-state index contributed by atoms with van der Waals surface area (Å²) >= 11 is 5.64. The van der Waals surface area contributed by atoms with E-state index in [2.05, 4.69) is 5.32 Å². The molecule has 1 aromatic carbocycles. The van der Waals surface area contributed by atoms with Crippen LogP contribution in [0.2, 0.25) is 5.02 Å². The number of hydrogen-bond donors (Lipinski definition) is 2. The van der Waals surface area contributed by atoms with Gasteiger partial charge >= 0.3 is 6.03 Å². The van der Waals surface area contributed by atoms with Gasteiger partial charge in [-0.3, -0.25) is 0 Å². The molecule has 6 heteroatoms. The van der Waals surface area contributed by atoms with Crippen molar-refractivity contribution in [3.8, 4) is 0 Å². The van der Waals surface area contributed by atoms with Crippen LogP contribution in [-0.4, -0.2) is 35.7 Å². The van der Waals surface area contributed by atoms with Crippen molar-refractivity contribution < 1.29 is 14.3 Å². The zero-order chi connectivity index (χ0) is 14.3. The summed E-state index contributed by atoms with van der Waals surface area (Å²) in [6, 6.07) is 3.66. The summed E-state index contributed by atoms with van der Waals surface area (Å²) in [4.78, 5) is 13.5. The Morgan fingerprint density at radius 1 is 1.47 bits per heavy atom. The number of carbonyl (C=O) groups is 1. The number of anilines is 1. The van der Waals surface area contributed by atoms with Gasteiger partial charge in [0.2, 0.25) is 0 Å². The van der Waals surface area contributed by atoms with E-state index in [1.807, 2.05) is 6.92 Å². The first kappa shape index (κ1) is 15.7. The fourth-order valence-electron chi connectivity index (χ4n) is 1.56. The molecule has 0 aromatic heterocycles. The van der Waals surface area contributed by atoms with E-state index in [1.54, 1.807) is 0 Å². The van der Waals surface area contributed by atoms with Crippen LogP contribution in [0.5, 0.6) is 0 Å². The lowest BCUT2D eigenvalue weighted by Gasteiger charge is -2.22. The highest BCUT2D eigenvalue weighted by molar-refractivity contribution is 6.31. The molecule has 0 atom stereocenters. The summed E-state index contributed by atoms with van der Waals surface area (Å²) in [6.07, 6.45) is 1.81. The lowest BCUT2D eigenvalue weighted by atomic mass is 10.3. The molecule has 0 radical (unpaired) electrons. The van der Waals surface area contributed by atoms with Crippen LogP contribution in [0.25, 0.3) is 0 Å². The van der Waals surface area contributed by atoms with Crippen LogP contribution in [0.15, 0.2) is 18.2 Å². The molecule has 0 aliphatic heterocycles. The number of hydrogen-bond acceptors (Lipinski definition) is 2. The average Bonchev–Trinajstić information content (AvgIpc) is 2.38. The molecule has 0 bridgehead atoms. The Hall–Kier alpha value is -1.33. The highest BCUT2D eigenvalue weighted by Gasteiger charge is 2.13. The monoisotopic (exact) mass is 288 g/mol. The minimum absolute atomic E-state index is 0.0416. The Morgan fingerprint density at radius 3 is 2.79 bits per heavy atom. The SMILES string of the molecule is CCCCN(CCO)C(=O)Nc1ccc(F)c(Cl)c1. The van der Waals surface area contributed by atoms with E-state index in [1.165, 1.54) is 23.1 Å². The number of urea groups is 1. The quantitative estimate of drug-likeness (QED) is 0.845. The van der Waals surface area contributed by atoms with Gasteiger partial charge in [-0.25, -0.2) is 9.18 Å². The third-order valence-corrected chi connectivity index (χ3v) is 2.90. The maximum Gasteiger partial charge on any atom is 0.321 e. The largest absolute Gasteiger partial charge is 0.395 e. The van der Waals surface area contributed by atoms with Crippen LogP contribution in [0, 0.1) is 5.82 Å². The maximum absolute atomic E-state index is 13.0. The molecule has 0 fully saturated rings. The normalized spacial score (nSPS) is 10.3. The zero-order valence-electron chi connectivity index (χ0n) is 10.8. The molecule has 0 saturated heterocycles. The fourth-order valence-corrected chi connectivity index (χ4v) is 1.74. The molecule has 19 heavy (non-hydrogen) atoms. The smallest absolute Gasteiger partial charge is 0.321 e. The van der Waals surface area contributed by atoms with Crippen LogP contribution in [-0.2, 0) is 0 Å². The molecule has 2 amide bonds. The highest BCUT2D eigenvalue weighted by Crippen LogP contribution is 2.19. The minimum atomic E-state index is -0.530. The third kappa shape index (κ3) is 5.04. The zero-order valence-corrected chi connectivity index (χ0v) is 11.6. The topological polar surface area (TPSA) is 52.6 Å². The number of carbonyl (C=O) groups excluding carboxylic acids is 1. The summed E-state index contributed by atoms with van der Waals surface area (Å²) in [7, 11) is 0. The van der Waals surface area contributed by atoms with Crippen LogP contribution >= 0.6 is 11.6 Å². The number of aliphatic hydroxyl groups excluding tert-OH is 1. The van der Waals surface area contributed by atoms with Crippen LogP contribution in [0.4, 0.5) is 14.9 Å². The van der Waals surface area contributed by atoms with E-state index in [4.69, 9.17) is 16.7 Å². The predicted octanol–water partition coefficient (Wildman–Crippen LogP) is 3.11. The van der Waals surface area contributed by atoms with Crippen molar-refractivity contribution in [1.29, 1.82) is 0 Å². The first-order valence-corrected chi connectivity index (χ1v) is 6.58. The Kier molecular flexibility index (Phi) is 6.59. The number of amides is 2. The van der Waals surface area contributed by atoms with E-state index in [0.717, 1.165) is 12.8 Å². The van der Waals surface area contributed by atoms with E-state index in [0.29, 0.717) is 12.2 Å². The van der Waals surface area contributed by atoms with Crippen molar-refractivity contribution in [3.63, 3.8) is 0 Å². The van der Waals surface area contributed by atoms with Crippen molar-refractivity contribution in [2.75, 3.05) is 25.0 Å². The molecule has 1 aromatic rings. The predicted molar refractivity (Wildman–Crippen MR) is 74.0 cm³/mol. The lowest BCUT2D eigenvalue weighted by molar-refractivity contribution is 0.187. The maximum atomic E-state index is 13.0. The minimum Gasteiger partial charge on any atom is -0.395 e. The summed E-state index contributed by atoms with van der Waals surface area (Å²) in [5.41, 5.74) is 0.427. The lowest BCUT2D eigenvalue weighted by Crippen LogP contribution is -2.37. The van der Waals surface area contributed by atoms with Crippen LogP contribution < -0.4 is 5.32 Å². The summed E-state index contributed by atoms with van der Waals surface area (Å²) in [5, 5.41) is 11.5. The number of halogens is 2. The number of nitrogens with one attached hydrogen (secondary N) is 1. The molecule has 0 saturated carbocycles. The third-order valence-electron chi connectivity index (χ3n) is 2.61. The van der Waals surface area contributed by atoms with Crippen LogP contribution in [0.3, 0.4) is 0 Å². The van der Waals surface area contributed by atoms with Crippen molar-refractivity contribution in [2.24, 2.45) is 0 Å². The van der Waals surface area contributed by atoms with E-state index in [9.17, 15) is 9.18 Å². The second-order valence-electron chi connectivity index (χ2n) is 4.12.